The van der Waals surface area contributed by atoms with Crippen LogP contribution in [0.2, 0.25) is 5.02 Å². The van der Waals surface area contributed by atoms with Gasteiger partial charge in [-0.3, -0.25) is 19.2 Å². The van der Waals surface area contributed by atoms with E-state index in [4.69, 9.17) is 34.8 Å². The number of rotatable bonds is 7. The summed E-state index contributed by atoms with van der Waals surface area (Å²) in [6.45, 7) is 0. The third-order valence-electron chi connectivity index (χ3n) is 5.44. The van der Waals surface area contributed by atoms with Gasteiger partial charge in [0.1, 0.15) is 15.8 Å². The van der Waals surface area contributed by atoms with Gasteiger partial charge in [-0.25, -0.2) is 8.78 Å². The molecule has 3 N–H and O–H groups in total. The second-order valence-corrected chi connectivity index (χ2v) is 10.0. The molecule has 3 aromatic rings. The highest BCUT2D eigenvalue weighted by Crippen LogP contribution is 2.53. The summed E-state index contributed by atoms with van der Waals surface area (Å²) in [5.74, 6) is -6.72. The molecule has 0 bridgehead atoms. The van der Waals surface area contributed by atoms with Gasteiger partial charge in [0.25, 0.3) is 17.6 Å². The Morgan fingerprint density at radius 1 is 0.892 bits per heavy atom. The lowest BCUT2D eigenvalue weighted by Crippen LogP contribution is -2.24. The van der Waals surface area contributed by atoms with Gasteiger partial charge in [-0.1, -0.05) is 41.9 Å². The number of ketones is 1. The van der Waals surface area contributed by atoms with Crippen LogP contribution in [0.1, 0.15) is 27.1 Å². The van der Waals surface area contributed by atoms with Crippen molar-refractivity contribution in [2.75, 3.05) is 16.0 Å². The summed E-state index contributed by atoms with van der Waals surface area (Å²) in [6, 6.07) is 13.2. The summed E-state index contributed by atoms with van der Waals surface area (Å²) in [7, 11) is 0. The van der Waals surface area contributed by atoms with E-state index >= 15 is 4.39 Å². The Bertz CT molecular complexity index is 1430. The Balaban J connectivity index is 1.51. The zero-order valence-electron chi connectivity index (χ0n) is 18.6. The second-order valence-electron chi connectivity index (χ2n) is 8.09. The molecule has 0 heterocycles. The highest BCUT2D eigenvalue weighted by Gasteiger charge is 2.56. The average molecular weight is 567 g/mol. The first-order valence-electron chi connectivity index (χ1n) is 10.7. The summed E-state index contributed by atoms with van der Waals surface area (Å²) < 4.78 is 28.2. The lowest BCUT2D eigenvalue weighted by atomic mass is 10.1. The molecule has 1 fully saturated rings. The van der Waals surface area contributed by atoms with Gasteiger partial charge >= 0.3 is 0 Å². The summed E-state index contributed by atoms with van der Waals surface area (Å²) in [5, 5.41) is 6.70. The molecule has 0 radical (unpaired) electrons. The van der Waals surface area contributed by atoms with Crippen molar-refractivity contribution in [2.45, 2.75) is 10.8 Å². The fraction of sp³-hybridized carbons (Fsp3) is 0.120. The molecule has 3 amide bonds. The van der Waals surface area contributed by atoms with E-state index < -0.39 is 56.8 Å². The largest absolute Gasteiger partial charge is 0.326 e. The number of carbonyl (C=O) groups is 4. The van der Waals surface area contributed by atoms with Crippen LogP contribution in [-0.2, 0) is 9.59 Å². The molecule has 0 unspecified atom stereocenters. The van der Waals surface area contributed by atoms with Crippen LogP contribution >= 0.6 is 34.8 Å². The second kappa shape index (κ2) is 10.5. The Kier molecular flexibility index (Phi) is 7.49. The maximum Gasteiger partial charge on any atom is 0.296 e. The molecule has 1 aliphatic carbocycles. The van der Waals surface area contributed by atoms with Gasteiger partial charge < -0.3 is 16.0 Å². The topological polar surface area (TPSA) is 104 Å². The molecule has 190 valence electrons. The lowest BCUT2D eigenvalue weighted by molar-refractivity contribution is -0.117. The molecular weight excluding hydrogens is 551 g/mol. The van der Waals surface area contributed by atoms with Crippen LogP contribution in [-0.4, -0.2) is 27.8 Å². The van der Waals surface area contributed by atoms with E-state index in [1.165, 1.54) is 42.5 Å². The molecule has 0 saturated heterocycles. The van der Waals surface area contributed by atoms with Crippen LogP contribution < -0.4 is 16.0 Å². The number of benzene rings is 3. The first kappa shape index (κ1) is 26.5. The summed E-state index contributed by atoms with van der Waals surface area (Å²) >= 11 is 17.9. The van der Waals surface area contributed by atoms with Gasteiger partial charge in [0, 0.05) is 11.3 Å². The maximum atomic E-state index is 15.1. The molecule has 1 aliphatic rings. The minimum absolute atomic E-state index is 0.0181. The van der Waals surface area contributed by atoms with Crippen LogP contribution in [0.5, 0.6) is 0 Å². The molecule has 12 heteroatoms. The van der Waals surface area contributed by atoms with E-state index in [0.29, 0.717) is 0 Å². The highest BCUT2D eigenvalue weighted by atomic mass is 35.5. The van der Waals surface area contributed by atoms with Crippen LogP contribution in [0.3, 0.4) is 0 Å². The summed E-state index contributed by atoms with van der Waals surface area (Å²) in [6.07, 6.45) is 0.280. The van der Waals surface area contributed by atoms with Crippen LogP contribution in [0.4, 0.5) is 25.8 Å². The third-order valence-corrected chi connectivity index (χ3v) is 6.61. The van der Waals surface area contributed by atoms with Gasteiger partial charge in [0.15, 0.2) is 5.82 Å². The number of hydrogen-bond acceptors (Lipinski definition) is 4. The van der Waals surface area contributed by atoms with Gasteiger partial charge in [0.2, 0.25) is 5.91 Å². The zero-order chi connectivity index (χ0) is 26.9. The molecule has 0 aromatic heterocycles. The van der Waals surface area contributed by atoms with Crippen molar-refractivity contribution in [3.63, 3.8) is 0 Å². The SMILES string of the molecule is O=C(Nc1c(F)ccc(NC(=O)c2cc(NC(=O)[C@H]3CC3(Cl)Cl)ccc2Cl)c1F)C(=O)c1ccccc1. The summed E-state index contributed by atoms with van der Waals surface area (Å²) in [5.41, 5.74) is -1.31. The third kappa shape index (κ3) is 5.90. The normalized spacial score (nSPS) is 15.4. The monoisotopic (exact) mass is 565 g/mol. The van der Waals surface area contributed by atoms with Gasteiger partial charge in [0.05, 0.1) is 22.2 Å². The predicted octanol–water partition coefficient (Wildman–Crippen LogP) is 5.82. The van der Waals surface area contributed by atoms with Crippen molar-refractivity contribution in [1.29, 1.82) is 0 Å². The van der Waals surface area contributed by atoms with E-state index in [1.807, 2.05) is 5.32 Å². The molecule has 1 saturated carbocycles. The number of hydrogen-bond donors (Lipinski definition) is 3. The fourth-order valence-corrected chi connectivity index (χ4v) is 4.06. The molecule has 37 heavy (non-hydrogen) atoms. The standard InChI is InChI=1S/C25H16Cl3F2N3O4/c26-16-7-6-13(31-23(36)15-11-25(15,27)28)10-14(16)22(35)32-18-9-8-17(29)20(19(18)30)33-24(37)21(34)12-4-2-1-3-5-12/h1-10,15H,11H2,(H,31,36)(H,32,35)(H,33,37)/t15-/m1/s1. The van der Waals surface area contributed by atoms with Gasteiger partial charge in [-0.05, 0) is 36.8 Å². The molecular formula is C25H16Cl3F2N3O4. The van der Waals surface area contributed by atoms with E-state index in [9.17, 15) is 23.6 Å². The Labute approximate surface area is 224 Å². The summed E-state index contributed by atoms with van der Waals surface area (Å²) in [4.78, 5) is 49.6. The van der Waals surface area contributed by atoms with Crippen LogP contribution in [0, 0.1) is 17.6 Å². The van der Waals surface area contributed by atoms with Crippen molar-refractivity contribution in [1.82, 2.24) is 0 Å². The van der Waals surface area contributed by atoms with Crippen molar-refractivity contribution >= 4 is 75.4 Å². The zero-order valence-corrected chi connectivity index (χ0v) is 20.8. The van der Waals surface area contributed by atoms with E-state index in [-0.39, 0.29) is 28.3 Å². The Morgan fingerprint density at radius 3 is 2.22 bits per heavy atom. The lowest BCUT2D eigenvalue weighted by Gasteiger charge is -2.13. The number of anilines is 3. The average Bonchev–Trinajstić information content (AvgIpc) is 3.52. The smallest absolute Gasteiger partial charge is 0.296 e. The van der Waals surface area contributed by atoms with Crippen molar-refractivity contribution in [3.8, 4) is 0 Å². The predicted molar refractivity (Wildman–Crippen MR) is 136 cm³/mol. The number of carbonyl (C=O) groups excluding carboxylic acids is 4. The molecule has 4 rings (SSSR count). The van der Waals surface area contributed by atoms with Crippen molar-refractivity contribution < 1.29 is 28.0 Å². The Morgan fingerprint density at radius 2 is 1.57 bits per heavy atom. The fourth-order valence-electron chi connectivity index (χ4n) is 3.35. The molecule has 1 atom stereocenters. The Hall–Kier alpha value is -3.53. The maximum absolute atomic E-state index is 15.1. The number of halogens is 5. The van der Waals surface area contributed by atoms with E-state index in [2.05, 4.69) is 10.6 Å². The highest BCUT2D eigenvalue weighted by molar-refractivity contribution is 6.52. The first-order valence-corrected chi connectivity index (χ1v) is 11.8. The van der Waals surface area contributed by atoms with Crippen molar-refractivity contribution in [3.05, 3.63) is 88.4 Å². The quantitative estimate of drug-likeness (QED) is 0.190. The number of amides is 3. The number of alkyl halides is 2. The first-order chi connectivity index (χ1) is 17.5. The molecule has 0 aliphatic heterocycles. The molecule has 0 spiro atoms. The van der Waals surface area contributed by atoms with Crippen LogP contribution in [0.25, 0.3) is 0 Å². The number of nitrogens with one attached hydrogen (secondary N) is 3. The van der Waals surface area contributed by atoms with Crippen molar-refractivity contribution in [2.24, 2.45) is 5.92 Å². The van der Waals surface area contributed by atoms with E-state index in [1.54, 1.807) is 6.07 Å². The van der Waals surface area contributed by atoms with E-state index in [0.717, 1.165) is 12.1 Å². The van der Waals surface area contributed by atoms with Gasteiger partial charge in [-0.15, -0.1) is 23.2 Å². The molecule has 3 aromatic carbocycles. The minimum atomic E-state index is -1.32. The van der Waals surface area contributed by atoms with Crippen LogP contribution in [0.15, 0.2) is 60.7 Å². The number of Topliss-reactive ketones (excluding diaryl/α,β-unsaturated/α-hetero) is 1. The molecule has 7 nitrogen and oxygen atoms in total. The minimum Gasteiger partial charge on any atom is -0.326 e. The van der Waals surface area contributed by atoms with Gasteiger partial charge in [-0.2, -0.15) is 0 Å².